The predicted octanol–water partition coefficient (Wildman–Crippen LogP) is 5.31. The topological polar surface area (TPSA) is 77.8 Å². The van der Waals surface area contributed by atoms with Gasteiger partial charge in [0.1, 0.15) is 6.54 Å². The summed E-state index contributed by atoms with van der Waals surface area (Å²) in [5.41, 5.74) is 0. The number of nitrogens with zero attached hydrogens (tertiary/aromatic N) is 2. The van der Waals surface area contributed by atoms with Gasteiger partial charge in [-0.1, -0.05) is 0 Å². The Morgan fingerprint density at radius 3 is 1.11 bits per heavy atom. The van der Waals surface area contributed by atoms with Gasteiger partial charge in [-0.2, -0.15) is 96.5 Å². The fourth-order valence-corrected chi connectivity index (χ4v) is 4.86. The van der Waals surface area contributed by atoms with Crippen molar-refractivity contribution in [3.63, 3.8) is 0 Å². The zero-order valence-electron chi connectivity index (χ0n) is 22.9. The summed E-state index contributed by atoms with van der Waals surface area (Å²) < 4.78 is 308. The summed E-state index contributed by atoms with van der Waals surface area (Å²) in [5, 5.41) is 9.87. The molecule has 0 radical (unpaired) electrons. The van der Waals surface area contributed by atoms with Crippen molar-refractivity contribution in [1.82, 2.24) is 4.31 Å². The van der Waals surface area contributed by atoms with Gasteiger partial charge in [-0.05, 0) is 0 Å². The van der Waals surface area contributed by atoms with E-state index < -0.39 is 112 Å². The van der Waals surface area contributed by atoms with Crippen LogP contribution in [0.3, 0.4) is 0 Å². The third kappa shape index (κ3) is 6.77. The van der Waals surface area contributed by atoms with Crippen LogP contribution in [0.15, 0.2) is 0 Å². The molecule has 0 aromatic heterocycles. The number of halogens is 21. The summed E-state index contributed by atoms with van der Waals surface area (Å²) in [5.74, 6) is -72.7. The largest absolute Gasteiger partial charge is 0.460 e. The van der Waals surface area contributed by atoms with E-state index in [9.17, 15) is 101 Å². The zero-order chi connectivity index (χ0) is 38.5. The molecule has 0 fully saturated rings. The Hall–Kier alpha value is -1.68. The van der Waals surface area contributed by atoms with Gasteiger partial charge in [-0.3, -0.25) is 0 Å². The van der Waals surface area contributed by atoms with E-state index in [0.29, 0.717) is 0 Å². The molecule has 2 N–H and O–H groups in total. The molecule has 47 heavy (non-hydrogen) atoms. The van der Waals surface area contributed by atoms with Crippen molar-refractivity contribution in [2.75, 3.05) is 53.5 Å². The standard InChI is InChI=1S/C19H22F21N2O4S/c1-42(2,7-9-44)6-3-4-41(5-8-43)47(45,46)19(39,40)17(34,35)15(30,31)13(26,27)11(22,23)10(20,21)12(24,25)14(28,29)16(32,33)18(36,37)38/h43-44H,3-9H2,1-2H3/q+1. The van der Waals surface area contributed by atoms with Crippen LogP contribution in [0, 0.1) is 0 Å². The molecule has 0 spiro atoms. The lowest BCUT2D eigenvalue weighted by atomic mass is 9.87. The van der Waals surface area contributed by atoms with Gasteiger partial charge in [-0.15, -0.1) is 0 Å². The molecule has 0 saturated carbocycles. The van der Waals surface area contributed by atoms with E-state index in [-0.39, 0.29) is 11.0 Å². The first kappa shape index (κ1) is 45.3. The lowest BCUT2D eigenvalue weighted by molar-refractivity contribution is -0.890. The predicted molar refractivity (Wildman–Crippen MR) is 112 cm³/mol. The molecule has 0 aliphatic heterocycles. The molecule has 0 aromatic carbocycles. The molecule has 0 unspecified atom stereocenters. The van der Waals surface area contributed by atoms with Crippen LogP contribution in [0.1, 0.15) is 6.42 Å². The van der Waals surface area contributed by atoms with Crippen LogP contribution in [0.25, 0.3) is 0 Å². The second-order valence-electron chi connectivity index (χ2n) is 10.2. The van der Waals surface area contributed by atoms with E-state index in [1.807, 2.05) is 0 Å². The maximum atomic E-state index is 14.5. The van der Waals surface area contributed by atoms with E-state index in [1.54, 1.807) is 0 Å². The highest BCUT2D eigenvalue weighted by Crippen LogP contribution is 2.66. The Kier molecular flexibility index (Phi) is 12.4. The molecule has 0 aromatic rings. The zero-order valence-corrected chi connectivity index (χ0v) is 23.7. The maximum Gasteiger partial charge on any atom is 0.460 e. The normalized spacial score (nSPS) is 16.3. The Morgan fingerprint density at radius 2 is 0.809 bits per heavy atom. The van der Waals surface area contributed by atoms with Gasteiger partial charge >= 0.3 is 58.8 Å². The van der Waals surface area contributed by atoms with Crippen LogP contribution in [0.4, 0.5) is 92.2 Å². The third-order valence-corrected chi connectivity index (χ3v) is 8.32. The first-order valence-electron chi connectivity index (χ1n) is 11.7. The lowest BCUT2D eigenvalue weighted by Crippen LogP contribution is -2.77. The second-order valence-corrected chi connectivity index (χ2v) is 12.2. The van der Waals surface area contributed by atoms with E-state index >= 15 is 0 Å². The molecule has 0 heterocycles. The van der Waals surface area contributed by atoms with Crippen molar-refractivity contribution in [3.8, 4) is 0 Å². The average molecular weight is 773 g/mol. The quantitative estimate of drug-likeness (QED) is 0.147. The Labute approximate surface area is 249 Å². The van der Waals surface area contributed by atoms with Gasteiger partial charge in [0.25, 0.3) is 10.0 Å². The number of sulfonamides is 1. The second kappa shape index (κ2) is 12.9. The van der Waals surface area contributed by atoms with Gasteiger partial charge in [0.2, 0.25) is 0 Å². The van der Waals surface area contributed by atoms with Crippen molar-refractivity contribution < 1.29 is 115 Å². The summed E-state index contributed by atoms with van der Waals surface area (Å²) in [6.07, 6.45) is -8.88. The molecule has 6 nitrogen and oxygen atoms in total. The van der Waals surface area contributed by atoms with Crippen molar-refractivity contribution in [1.29, 1.82) is 0 Å². The first-order valence-corrected chi connectivity index (χ1v) is 13.2. The molecule has 0 bridgehead atoms. The number of likely N-dealkylation sites (N-methyl/N-ethyl adjacent to an activating group) is 1. The van der Waals surface area contributed by atoms with Crippen LogP contribution in [0.5, 0.6) is 0 Å². The van der Waals surface area contributed by atoms with Crippen LogP contribution in [0.2, 0.25) is 0 Å². The molecule has 0 amide bonds. The van der Waals surface area contributed by atoms with E-state index in [1.165, 1.54) is 14.1 Å². The molecule has 28 heteroatoms. The highest BCUT2D eigenvalue weighted by atomic mass is 32.2. The summed E-state index contributed by atoms with van der Waals surface area (Å²) in [6.45, 7) is -6.10. The highest BCUT2D eigenvalue weighted by Gasteiger charge is 2.98. The van der Waals surface area contributed by atoms with Crippen LogP contribution < -0.4 is 0 Å². The number of alkyl halides is 21. The van der Waals surface area contributed by atoms with E-state index in [0.717, 1.165) is 0 Å². The molecule has 284 valence electrons. The van der Waals surface area contributed by atoms with Crippen molar-refractivity contribution >= 4 is 10.0 Å². The van der Waals surface area contributed by atoms with E-state index in [4.69, 9.17) is 10.2 Å². The molecule has 0 rings (SSSR count). The summed E-state index contributed by atoms with van der Waals surface area (Å²) >= 11 is 0. The van der Waals surface area contributed by atoms with E-state index in [2.05, 4.69) is 0 Å². The Bertz CT molecular complexity index is 1190. The average Bonchev–Trinajstić information content (AvgIpc) is 2.86. The van der Waals surface area contributed by atoms with Gasteiger partial charge in [0.05, 0.1) is 33.9 Å². The number of aliphatic hydroxyl groups is 2. The minimum Gasteiger partial charge on any atom is -0.395 e. The number of rotatable bonds is 18. The number of aliphatic hydroxyl groups excluding tert-OH is 2. The van der Waals surface area contributed by atoms with Crippen molar-refractivity contribution in [3.05, 3.63) is 0 Å². The number of hydrogen-bond donors (Lipinski definition) is 2. The monoisotopic (exact) mass is 773 g/mol. The molecule has 0 saturated heterocycles. The molecule has 0 aliphatic rings. The van der Waals surface area contributed by atoms with Gasteiger partial charge < -0.3 is 14.7 Å². The first-order chi connectivity index (χ1) is 20.2. The highest BCUT2D eigenvalue weighted by molar-refractivity contribution is 7.90. The summed E-state index contributed by atoms with van der Waals surface area (Å²) in [6, 6.07) is 0. The van der Waals surface area contributed by atoms with Gasteiger partial charge in [-0.25, -0.2) is 8.42 Å². The number of quaternary nitrogens is 1. The van der Waals surface area contributed by atoms with Crippen molar-refractivity contribution in [2.45, 2.75) is 65.2 Å². The lowest BCUT2D eigenvalue weighted by Gasteiger charge is -2.44. The van der Waals surface area contributed by atoms with Crippen LogP contribution >= 0.6 is 0 Å². The van der Waals surface area contributed by atoms with Gasteiger partial charge in [0.15, 0.2) is 0 Å². The molecule has 0 aliphatic carbocycles. The summed E-state index contributed by atoms with van der Waals surface area (Å²) in [4.78, 5) is 0. The van der Waals surface area contributed by atoms with Gasteiger partial charge in [0, 0.05) is 19.5 Å². The fraction of sp³-hybridized carbons (Fsp3) is 1.00. The fourth-order valence-electron chi connectivity index (χ4n) is 3.39. The third-order valence-electron chi connectivity index (χ3n) is 6.37. The Balaban J connectivity index is 7.12. The number of hydrogen-bond acceptors (Lipinski definition) is 4. The van der Waals surface area contributed by atoms with Crippen LogP contribution in [-0.2, 0) is 10.0 Å². The minimum absolute atomic E-state index is 0.167. The van der Waals surface area contributed by atoms with Crippen molar-refractivity contribution in [2.24, 2.45) is 0 Å². The SMILES string of the molecule is C[N+](C)(CCO)CCCN(CCO)S(=O)(=O)C(F)(F)C(F)(F)C(F)(F)C(F)(F)C(F)(F)C(F)(F)C(F)(F)C(F)(F)C(F)(F)C(F)(F)F. The Morgan fingerprint density at radius 1 is 0.489 bits per heavy atom. The van der Waals surface area contributed by atoms with Crippen LogP contribution in [-0.4, -0.2) is 140 Å². The molecular weight excluding hydrogens is 751 g/mol. The molecular formula is C19H22F21N2O4S+. The summed E-state index contributed by atoms with van der Waals surface area (Å²) in [7, 11) is -5.13. The maximum absolute atomic E-state index is 14.5. The minimum atomic E-state index is -9.40. The molecule has 0 atom stereocenters. The smallest absolute Gasteiger partial charge is 0.395 e.